The lowest BCUT2D eigenvalue weighted by atomic mass is 9.95. The third kappa shape index (κ3) is 4.74. The van der Waals surface area contributed by atoms with Crippen molar-refractivity contribution >= 4 is 17.9 Å². The molecule has 0 spiro atoms. The summed E-state index contributed by atoms with van der Waals surface area (Å²) in [5.74, 6) is -5.66. The van der Waals surface area contributed by atoms with Crippen molar-refractivity contribution in [2.75, 3.05) is 18.9 Å². The van der Waals surface area contributed by atoms with Crippen LogP contribution >= 0.6 is 11.9 Å². The Labute approximate surface area is 192 Å². The van der Waals surface area contributed by atoms with Crippen LogP contribution in [0.3, 0.4) is 0 Å². The van der Waals surface area contributed by atoms with E-state index in [-0.39, 0.29) is 23.1 Å². The van der Waals surface area contributed by atoms with Gasteiger partial charge in [0.2, 0.25) is 0 Å². The Morgan fingerprint density at radius 2 is 1.97 bits per heavy atom. The Hall–Kier alpha value is -2.17. The van der Waals surface area contributed by atoms with Crippen molar-refractivity contribution in [3.05, 3.63) is 59.4 Å². The monoisotopic (exact) mass is 486 g/mol. The average molecular weight is 487 g/mol. The molecule has 4 rings (SSSR count). The number of hydrogen-bond acceptors (Lipinski definition) is 4. The molecule has 2 heterocycles. The third-order valence-corrected chi connectivity index (χ3v) is 6.67. The molecule has 0 aliphatic carbocycles. The van der Waals surface area contributed by atoms with Crippen LogP contribution in [0.4, 0.5) is 22.0 Å². The Balaban J connectivity index is 1.69. The van der Waals surface area contributed by atoms with Crippen molar-refractivity contribution in [3.8, 4) is 11.1 Å². The Kier molecular flexibility index (Phi) is 6.97. The number of alkyl halides is 2. The van der Waals surface area contributed by atoms with Gasteiger partial charge in [0.1, 0.15) is 29.6 Å². The number of rotatable bonds is 7. The maximum absolute atomic E-state index is 15.4. The first-order valence-electron chi connectivity index (χ1n) is 10.6. The third-order valence-electron chi connectivity index (χ3n) is 5.96. The molecule has 1 amide bonds. The molecule has 2 aromatic carbocycles. The van der Waals surface area contributed by atoms with Gasteiger partial charge in [0.15, 0.2) is 0 Å². The molecule has 2 saturated heterocycles. The predicted molar refractivity (Wildman–Crippen MR) is 115 cm³/mol. The highest BCUT2D eigenvalue weighted by molar-refractivity contribution is 7.97. The molecule has 1 unspecified atom stereocenters. The van der Waals surface area contributed by atoms with Crippen LogP contribution in [-0.4, -0.2) is 53.8 Å². The molecule has 0 radical (unpaired) electrons. The molecule has 4 nitrogen and oxygen atoms in total. The number of benzene rings is 2. The van der Waals surface area contributed by atoms with Crippen LogP contribution in [0.2, 0.25) is 0 Å². The number of carbonyl (C=O) groups is 1. The number of nitrogens with one attached hydrogen (secondary N) is 1. The smallest absolute Gasteiger partial charge is 0.283 e. The SMILES string of the molecule is CCSN[C@@H]1[C@H](Cc2cccc(-c3cc(F)ccc3F)c2F)N(C(=O)C2CCO2)CC1(F)F. The van der Waals surface area contributed by atoms with E-state index in [1.54, 1.807) is 6.92 Å². The highest BCUT2D eigenvalue weighted by Gasteiger charge is 2.57. The summed E-state index contributed by atoms with van der Waals surface area (Å²) < 4.78 is 81.1. The lowest BCUT2D eigenvalue weighted by Gasteiger charge is -2.34. The van der Waals surface area contributed by atoms with E-state index in [2.05, 4.69) is 4.72 Å². The molecule has 0 aromatic heterocycles. The fraction of sp³-hybridized carbons (Fsp3) is 0.435. The maximum Gasteiger partial charge on any atom is 0.283 e. The summed E-state index contributed by atoms with van der Waals surface area (Å²) in [4.78, 5) is 13.9. The van der Waals surface area contributed by atoms with E-state index in [0.717, 1.165) is 35.0 Å². The summed E-state index contributed by atoms with van der Waals surface area (Å²) in [5.41, 5.74) is -0.417. The van der Waals surface area contributed by atoms with Gasteiger partial charge >= 0.3 is 0 Å². The van der Waals surface area contributed by atoms with Crippen molar-refractivity contribution in [2.45, 2.75) is 43.9 Å². The minimum atomic E-state index is -3.24. The van der Waals surface area contributed by atoms with Crippen LogP contribution in [0.1, 0.15) is 18.9 Å². The van der Waals surface area contributed by atoms with Gasteiger partial charge in [0.25, 0.3) is 11.8 Å². The van der Waals surface area contributed by atoms with Crippen LogP contribution in [0.5, 0.6) is 0 Å². The first kappa shape index (κ1) is 24.0. The van der Waals surface area contributed by atoms with Crippen molar-refractivity contribution < 1.29 is 31.5 Å². The van der Waals surface area contributed by atoms with E-state index in [9.17, 15) is 22.4 Å². The summed E-state index contributed by atoms with van der Waals surface area (Å²) in [6.07, 6.45) is -0.566. The van der Waals surface area contributed by atoms with E-state index in [4.69, 9.17) is 4.74 Å². The van der Waals surface area contributed by atoms with E-state index >= 15 is 4.39 Å². The minimum Gasteiger partial charge on any atom is -0.368 e. The van der Waals surface area contributed by atoms with Crippen LogP contribution < -0.4 is 4.72 Å². The van der Waals surface area contributed by atoms with E-state index in [0.29, 0.717) is 18.8 Å². The summed E-state index contributed by atoms with van der Waals surface area (Å²) in [6, 6.07) is 4.39. The quantitative estimate of drug-likeness (QED) is 0.460. The van der Waals surface area contributed by atoms with Gasteiger partial charge in [-0.05, 0) is 30.2 Å². The number of halogens is 5. The fourth-order valence-electron chi connectivity index (χ4n) is 4.20. The molecule has 178 valence electrons. The molecule has 2 aliphatic heterocycles. The van der Waals surface area contributed by atoms with Crippen molar-refractivity contribution in [1.82, 2.24) is 9.62 Å². The van der Waals surface area contributed by atoms with Gasteiger partial charge in [-0.3, -0.25) is 9.52 Å². The van der Waals surface area contributed by atoms with Crippen molar-refractivity contribution in [2.24, 2.45) is 0 Å². The summed E-state index contributed by atoms with van der Waals surface area (Å²) in [5, 5.41) is 0. The Morgan fingerprint density at radius 3 is 2.64 bits per heavy atom. The minimum absolute atomic E-state index is 0.0273. The molecule has 2 fully saturated rings. The van der Waals surface area contributed by atoms with E-state index in [1.165, 1.54) is 18.2 Å². The van der Waals surface area contributed by atoms with Crippen LogP contribution in [-0.2, 0) is 16.0 Å². The zero-order valence-corrected chi connectivity index (χ0v) is 18.6. The van der Waals surface area contributed by atoms with Crippen molar-refractivity contribution in [1.29, 1.82) is 0 Å². The molecule has 0 bridgehead atoms. The van der Waals surface area contributed by atoms with Gasteiger partial charge in [-0.15, -0.1) is 0 Å². The highest BCUT2D eigenvalue weighted by atomic mass is 32.2. The molecule has 0 saturated carbocycles. The lowest BCUT2D eigenvalue weighted by Crippen LogP contribution is -2.51. The number of amides is 1. The largest absolute Gasteiger partial charge is 0.368 e. The average Bonchev–Trinajstić information content (AvgIpc) is 2.98. The molecule has 2 aliphatic rings. The normalized spacial score (nSPS) is 24.1. The van der Waals surface area contributed by atoms with Gasteiger partial charge in [-0.2, -0.15) is 0 Å². The van der Waals surface area contributed by atoms with Crippen LogP contribution in [0.25, 0.3) is 11.1 Å². The second kappa shape index (κ2) is 9.60. The Morgan fingerprint density at radius 1 is 1.21 bits per heavy atom. The Bertz CT molecular complexity index is 1030. The number of likely N-dealkylation sites (tertiary alicyclic amines) is 1. The lowest BCUT2D eigenvalue weighted by molar-refractivity contribution is -0.158. The first-order chi connectivity index (χ1) is 15.7. The first-order valence-corrected chi connectivity index (χ1v) is 11.6. The molecule has 10 heteroatoms. The van der Waals surface area contributed by atoms with Gasteiger partial charge in [0, 0.05) is 23.3 Å². The molecular formula is C23H23F5N2O2S. The number of ether oxygens (including phenoxy) is 1. The standard InChI is InChI=1S/C23H23F5N2O2S/c1-2-33-29-21-18(30(12-23(21,27)28)22(31)19-8-9-32-19)10-13-4-3-5-15(20(13)26)16-11-14(24)6-7-17(16)25/h3-7,11,18-19,21,29H,2,8-10,12H2,1H3/t18-,19?,21+/m0/s1. The maximum atomic E-state index is 15.4. The molecule has 1 N–H and O–H groups in total. The molecule has 2 aromatic rings. The second-order valence-electron chi connectivity index (χ2n) is 8.08. The second-order valence-corrected chi connectivity index (χ2v) is 9.18. The zero-order chi connectivity index (χ0) is 23.8. The van der Waals surface area contributed by atoms with Crippen LogP contribution in [0.15, 0.2) is 36.4 Å². The number of hydrogen-bond donors (Lipinski definition) is 1. The van der Waals surface area contributed by atoms with Crippen molar-refractivity contribution in [3.63, 3.8) is 0 Å². The molecule has 3 atom stereocenters. The predicted octanol–water partition coefficient (Wildman–Crippen LogP) is 4.57. The topological polar surface area (TPSA) is 41.6 Å². The fourth-order valence-corrected chi connectivity index (χ4v) is 4.88. The van der Waals surface area contributed by atoms with Gasteiger partial charge in [-0.25, -0.2) is 22.0 Å². The van der Waals surface area contributed by atoms with Crippen LogP contribution in [0, 0.1) is 17.5 Å². The van der Waals surface area contributed by atoms with Gasteiger partial charge < -0.3 is 9.64 Å². The zero-order valence-electron chi connectivity index (χ0n) is 17.8. The number of nitrogens with zero attached hydrogens (tertiary/aromatic N) is 1. The summed E-state index contributed by atoms with van der Waals surface area (Å²) >= 11 is 1.09. The van der Waals surface area contributed by atoms with Gasteiger partial charge in [-0.1, -0.05) is 37.1 Å². The van der Waals surface area contributed by atoms with E-state index in [1.807, 2.05) is 0 Å². The summed E-state index contributed by atoms with van der Waals surface area (Å²) in [6.45, 7) is 1.37. The summed E-state index contributed by atoms with van der Waals surface area (Å²) in [7, 11) is 0. The van der Waals surface area contributed by atoms with Gasteiger partial charge in [0.05, 0.1) is 19.2 Å². The van der Waals surface area contributed by atoms with E-state index < -0.39 is 54.0 Å². The molecular weight excluding hydrogens is 463 g/mol. The highest BCUT2D eigenvalue weighted by Crippen LogP contribution is 2.38. The number of carbonyl (C=O) groups excluding carboxylic acids is 1. The molecule has 33 heavy (non-hydrogen) atoms.